The smallest absolute Gasteiger partial charge is 0.282 e. The van der Waals surface area contributed by atoms with Gasteiger partial charge < -0.3 is 0 Å². The zero-order valence-electron chi connectivity index (χ0n) is 19.5. The Kier molecular flexibility index (Phi) is 8.08. The van der Waals surface area contributed by atoms with Gasteiger partial charge in [-0.05, 0) is 60.6 Å². The van der Waals surface area contributed by atoms with Crippen molar-refractivity contribution in [2.24, 2.45) is 11.8 Å². The van der Waals surface area contributed by atoms with E-state index in [2.05, 4.69) is 6.92 Å². The van der Waals surface area contributed by atoms with Crippen molar-refractivity contribution in [2.45, 2.75) is 70.1 Å². The van der Waals surface area contributed by atoms with E-state index in [1.165, 1.54) is 41.9 Å². The molecule has 1 aliphatic heterocycles. The molecule has 2 amide bonds. The summed E-state index contributed by atoms with van der Waals surface area (Å²) in [6, 6.07) is 13.6. The van der Waals surface area contributed by atoms with Gasteiger partial charge in [0.15, 0.2) is 0 Å². The number of imide groups is 1. The van der Waals surface area contributed by atoms with Crippen molar-refractivity contribution < 1.29 is 22.6 Å². The first-order valence-corrected chi connectivity index (χ1v) is 13.2. The minimum Gasteiger partial charge on any atom is -0.282 e. The third-order valence-electron chi connectivity index (χ3n) is 6.65. The third kappa shape index (κ3) is 5.53. The number of nitrogens with zero attached hydrogens (tertiary/aromatic N) is 1. The van der Waals surface area contributed by atoms with Gasteiger partial charge in [0, 0.05) is 5.92 Å². The van der Waals surface area contributed by atoms with Gasteiger partial charge >= 0.3 is 0 Å². The van der Waals surface area contributed by atoms with Crippen molar-refractivity contribution in [3.8, 4) is 0 Å². The van der Waals surface area contributed by atoms with Gasteiger partial charge in [0.25, 0.3) is 10.1 Å². The number of anilines is 1. The van der Waals surface area contributed by atoms with Gasteiger partial charge in [-0.1, -0.05) is 64.3 Å². The predicted molar refractivity (Wildman–Crippen MR) is 129 cm³/mol. The Morgan fingerprint density at radius 3 is 2.09 bits per heavy atom. The molecular weight excluding hydrogens is 438 g/mol. The van der Waals surface area contributed by atoms with Crippen LogP contribution < -0.4 is 4.90 Å². The highest BCUT2D eigenvalue weighted by atomic mass is 32.2. The Labute approximate surface area is 196 Å². The summed E-state index contributed by atoms with van der Waals surface area (Å²) >= 11 is 0. The van der Waals surface area contributed by atoms with E-state index < -0.39 is 22.0 Å². The molecule has 0 aromatic heterocycles. The summed E-state index contributed by atoms with van der Waals surface area (Å²) in [6.07, 6.45) is 6.35. The van der Waals surface area contributed by atoms with Crippen molar-refractivity contribution in [3.05, 3.63) is 59.7 Å². The maximum absolute atomic E-state index is 13.4. The fourth-order valence-corrected chi connectivity index (χ4v) is 5.24. The summed E-state index contributed by atoms with van der Waals surface area (Å²) in [6.45, 7) is 5.91. The Morgan fingerprint density at radius 2 is 1.55 bits per heavy atom. The molecule has 33 heavy (non-hydrogen) atoms. The van der Waals surface area contributed by atoms with E-state index in [9.17, 15) is 22.6 Å². The molecule has 1 N–H and O–H groups in total. The highest BCUT2D eigenvalue weighted by Crippen LogP contribution is 2.41. The largest absolute Gasteiger partial charge is 0.294 e. The van der Waals surface area contributed by atoms with Crippen LogP contribution in [-0.4, -0.2) is 24.8 Å². The molecule has 1 fully saturated rings. The van der Waals surface area contributed by atoms with E-state index in [4.69, 9.17) is 0 Å². The average molecular weight is 472 g/mol. The summed E-state index contributed by atoms with van der Waals surface area (Å²) in [4.78, 5) is 27.6. The van der Waals surface area contributed by atoms with Crippen LogP contribution in [-0.2, 0) is 26.1 Å². The van der Waals surface area contributed by atoms with Crippen LogP contribution >= 0.6 is 0 Å². The van der Waals surface area contributed by atoms with E-state index >= 15 is 0 Å². The SMILES string of the molecule is CCCCCCc1ccc(N2C(=O)C(C)C(C(CC)c3ccc(S(=O)(=O)O)cc3)C2=O)cc1. The van der Waals surface area contributed by atoms with Crippen LogP contribution in [0.25, 0.3) is 0 Å². The zero-order valence-corrected chi connectivity index (χ0v) is 20.3. The molecule has 1 aliphatic rings. The Bertz CT molecular complexity index is 1080. The van der Waals surface area contributed by atoms with Gasteiger partial charge in [0.1, 0.15) is 0 Å². The van der Waals surface area contributed by atoms with Crippen LogP contribution in [0.4, 0.5) is 5.69 Å². The monoisotopic (exact) mass is 471 g/mol. The van der Waals surface area contributed by atoms with Gasteiger partial charge in [-0.15, -0.1) is 0 Å². The number of carbonyl (C=O) groups excluding carboxylic acids is 2. The van der Waals surface area contributed by atoms with Crippen LogP contribution in [0, 0.1) is 11.8 Å². The molecule has 6 nitrogen and oxygen atoms in total. The molecule has 0 radical (unpaired) electrons. The van der Waals surface area contributed by atoms with Crippen LogP contribution in [0.3, 0.4) is 0 Å². The van der Waals surface area contributed by atoms with E-state index in [1.807, 2.05) is 31.2 Å². The fourth-order valence-electron chi connectivity index (χ4n) is 4.76. The summed E-state index contributed by atoms with van der Waals surface area (Å²) < 4.78 is 31.9. The molecule has 0 saturated carbocycles. The predicted octanol–water partition coefficient (Wildman–Crippen LogP) is 5.38. The van der Waals surface area contributed by atoms with Crippen molar-refractivity contribution in [1.82, 2.24) is 0 Å². The average Bonchev–Trinajstić information content (AvgIpc) is 3.01. The molecule has 1 heterocycles. The van der Waals surface area contributed by atoms with Crippen molar-refractivity contribution in [1.29, 1.82) is 0 Å². The van der Waals surface area contributed by atoms with E-state index in [0.29, 0.717) is 12.1 Å². The number of rotatable bonds is 10. The van der Waals surface area contributed by atoms with Crippen molar-refractivity contribution in [2.75, 3.05) is 4.90 Å². The van der Waals surface area contributed by atoms with Crippen LogP contribution in [0.15, 0.2) is 53.4 Å². The summed E-state index contributed by atoms with van der Waals surface area (Å²) in [5.41, 5.74) is 2.56. The molecule has 7 heteroatoms. The summed E-state index contributed by atoms with van der Waals surface area (Å²) in [5, 5.41) is 0. The third-order valence-corrected chi connectivity index (χ3v) is 7.51. The number of unbranched alkanes of at least 4 members (excludes halogenated alkanes) is 3. The van der Waals surface area contributed by atoms with Gasteiger partial charge in [-0.2, -0.15) is 8.42 Å². The van der Waals surface area contributed by atoms with E-state index in [-0.39, 0.29) is 22.6 Å². The topological polar surface area (TPSA) is 91.8 Å². The fraction of sp³-hybridized carbons (Fsp3) is 0.462. The van der Waals surface area contributed by atoms with Crippen molar-refractivity contribution >= 4 is 27.6 Å². The number of carbonyl (C=O) groups is 2. The molecular formula is C26H33NO5S. The molecule has 178 valence electrons. The summed E-state index contributed by atoms with van der Waals surface area (Å²) in [7, 11) is -4.29. The maximum Gasteiger partial charge on any atom is 0.294 e. The van der Waals surface area contributed by atoms with E-state index in [0.717, 1.165) is 18.4 Å². The number of hydrogen-bond donors (Lipinski definition) is 1. The second-order valence-electron chi connectivity index (χ2n) is 8.86. The molecule has 0 aliphatic carbocycles. The van der Waals surface area contributed by atoms with Gasteiger partial charge in [0.05, 0.1) is 16.5 Å². The first-order valence-electron chi connectivity index (χ1n) is 11.7. The molecule has 0 bridgehead atoms. The minimum atomic E-state index is -4.29. The number of aryl methyl sites for hydroxylation is 1. The quantitative estimate of drug-likeness (QED) is 0.285. The van der Waals surface area contributed by atoms with Gasteiger partial charge in [-0.25, -0.2) is 0 Å². The zero-order chi connectivity index (χ0) is 24.2. The molecule has 3 unspecified atom stereocenters. The highest BCUT2D eigenvalue weighted by molar-refractivity contribution is 7.85. The molecule has 3 atom stereocenters. The lowest BCUT2D eigenvalue weighted by Crippen LogP contribution is -2.31. The maximum atomic E-state index is 13.4. The van der Waals surface area contributed by atoms with Crippen LogP contribution in [0.5, 0.6) is 0 Å². The Hall–Kier alpha value is -2.51. The second kappa shape index (κ2) is 10.6. The molecule has 3 rings (SSSR count). The Balaban J connectivity index is 1.80. The van der Waals surface area contributed by atoms with Crippen molar-refractivity contribution in [3.63, 3.8) is 0 Å². The Morgan fingerprint density at radius 1 is 0.909 bits per heavy atom. The van der Waals surface area contributed by atoms with Gasteiger partial charge in [-0.3, -0.25) is 19.0 Å². The van der Waals surface area contributed by atoms with Crippen LogP contribution in [0.2, 0.25) is 0 Å². The minimum absolute atomic E-state index is 0.195. The lowest BCUT2D eigenvalue weighted by molar-refractivity contribution is -0.122. The number of benzene rings is 2. The molecule has 1 saturated heterocycles. The molecule has 2 aromatic carbocycles. The lowest BCUT2D eigenvalue weighted by atomic mass is 9.78. The number of amides is 2. The summed E-state index contributed by atoms with van der Waals surface area (Å²) in [5.74, 6) is -1.71. The van der Waals surface area contributed by atoms with E-state index in [1.54, 1.807) is 19.1 Å². The first-order chi connectivity index (χ1) is 15.7. The normalized spacial score (nSPS) is 19.8. The lowest BCUT2D eigenvalue weighted by Gasteiger charge is -2.23. The first kappa shape index (κ1) is 25.1. The van der Waals surface area contributed by atoms with Gasteiger partial charge in [0.2, 0.25) is 11.8 Å². The molecule has 0 spiro atoms. The van der Waals surface area contributed by atoms with Crippen LogP contribution in [0.1, 0.15) is 69.9 Å². The standard InChI is InChI=1S/C26H33NO5S/c1-4-6-7-8-9-19-10-14-21(15-11-19)27-25(28)18(3)24(26(27)29)23(5-2)20-12-16-22(17-13-20)33(30,31)32/h10-18,23-24H,4-9H2,1-3H3,(H,30,31,32). The highest BCUT2D eigenvalue weighted by Gasteiger charge is 2.49. The second-order valence-corrected chi connectivity index (χ2v) is 10.3. The number of hydrogen-bond acceptors (Lipinski definition) is 4. The molecule has 2 aromatic rings.